The smallest absolute Gasteiger partial charge is 0.435 e. The van der Waals surface area contributed by atoms with Gasteiger partial charge in [-0.25, -0.2) is 22.0 Å². The molecule has 5 rings (SSSR count). The molecule has 6 nitrogen and oxygen atoms in total. The molecule has 1 heterocycles. The molecule has 1 amide bonds. The molecule has 0 bridgehead atoms. The van der Waals surface area contributed by atoms with Crippen LogP contribution in [0.1, 0.15) is 55.2 Å². The summed E-state index contributed by atoms with van der Waals surface area (Å²) in [7, 11) is -4.58. The van der Waals surface area contributed by atoms with Gasteiger partial charge in [0, 0.05) is 23.0 Å². The van der Waals surface area contributed by atoms with Gasteiger partial charge in [0.2, 0.25) is 11.6 Å². The third-order valence-corrected chi connectivity index (χ3v) is 12.2. The molecule has 246 valence electrons. The number of carbonyl (C=O) groups excluding carboxylic acids is 1. The van der Waals surface area contributed by atoms with E-state index in [0.717, 1.165) is 12.1 Å². The first-order valence-corrected chi connectivity index (χ1v) is 15.8. The number of alkyl halides is 8. The van der Waals surface area contributed by atoms with Crippen molar-refractivity contribution in [2.75, 3.05) is 6.54 Å². The predicted molar refractivity (Wildman–Crippen MR) is 144 cm³/mol. The molecule has 0 radical (unpaired) electrons. The van der Waals surface area contributed by atoms with Crippen molar-refractivity contribution in [2.24, 2.45) is 5.92 Å². The molecule has 1 N–H and O–H groups in total. The molecule has 0 aromatic heterocycles. The lowest BCUT2D eigenvalue weighted by Gasteiger charge is -2.44. The van der Waals surface area contributed by atoms with Gasteiger partial charge in [-0.05, 0) is 74.3 Å². The van der Waals surface area contributed by atoms with Crippen molar-refractivity contribution in [3.8, 4) is 0 Å². The van der Waals surface area contributed by atoms with E-state index in [-0.39, 0.29) is 65.8 Å². The molecule has 45 heavy (non-hydrogen) atoms. The maximum absolute atomic E-state index is 15.0. The van der Waals surface area contributed by atoms with Crippen LogP contribution in [-0.4, -0.2) is 60.9 Å². The first-order valence-electron chi connectivity index (χ1n) is 13.9. The standard InChI is InChI=1S/C29H26ClF8NO5S/c30-19-2-1-3-20(15-19)45(43,44)26-12-13-39(23(40)16-8-10-25(31,11-9-16)24(41)42)22(26)7-4-17-14-18(5-6-21(17)26)27(32,28(33,34)35)29(36,37)38/h1-3,5-6,14-16,22H,4,7-13H2,(H,41,42). The number of aryl methyl sites for hydroxylation is 1. The second-order valence-electron chi connectivity index (χ2n) is 11.8. The first kappa shape index (κ1) is 33.4. The fourth-order valence-electron chi connectivity index (χ4n) is 7.11. The van der Waals surface area contributed by atoms with E-state index in [1.807, 2.05) is 0 Å². The molecule has 3 aliphatic rings. The lowest BCUT2D eigenvalue weighted by molar-refractivity contribution is -0.348. The molecule has 2 atom stereocenters. The van der Waals surface area contributed by atoms with Crippen molar-refractivity contribution in [1.82, 2.24) is 4.90 Å². The molecule has 2 unspecified atom stereocenters. The van der Waals surface area contributed by atoms with Crippen molar-refractivity contribution >= 4 is 33.3 Å². The van der Waals surface area contributed by atoms with E-state index in [1.165, 1.54) is 23.1 Å². The number of carboxylic acids is 1. The van der Waals surface area contributed by atoms with Crippen molar-refractivity contribution in [3.63, 3.8) is 0 Å². The minimum atomic E-state index is -6.38. The Morgan fingerprint density at radius 2 is 1.53 bits per heavy atom. The molecule has 1 saturated carbocycles. The highest BCUT2D eigenvalue weighted by Crippen LogP contribution is 2.57. The quantitative estimate of drug-likeness (QED) is 0.348. The average Bonchev–Trinajstić information content (AvgIpc) is 3.37. The maximum atomic E-state index is 15.0. The number of hydrogen-bond donors (Lipinski definition) is 1. The summed E-state index contributed by atoms with van der Waals surface area (Å²) in [6.45, 7) is -0.182. The Labute approximate surface area is 257 Å². The summed E-state index contributed by atoms with van der Waals surface area (Å²) in [5.41, 5.74) is -10.4. The molecule has 0 spiro atoms. The third-order valence-electron chi connectivity index (χ3n) is 9.45. The van der Waals surface area contributed by atoms with Crippen LogP contribution in [0.4, 0.5) is 35.1 Å². The molecule has 1 aliphatic heterocycles. The topological polar surface area (TPSA) is 91.8 Å². The van der Waals surface area contributed by atoms with Gasteiger partial charge in [0.1, 0.15) is 4.75 Å². The molecule has 2 aromatic carbocycles. The third kappa shape index (κ3) is 4.99. The van der Waals surface area contributed by atoms with Gasteiger partial charge in [0.15, 0.2) is 9.84 Å². The number of carboxylic acid groups (broad SMARTS) is 1. The number of sulfone groups is 1. The number of aliphatic carboxylic acids is 1. The van der Waals surface area contributed by atoms with Gasteiger partial charge in [-0.15, -0.1) is 0 Å². The zero-order valence-electron chi connectivity index (χ0n) is 23.2. The zero-order chi connectivity index (χ0) is 33.4. The molecule has 2 fully saturated rings. The second-order valence-corrected chi connectivity index (χ2v) is 14.4. The molecule has 2 aromatic rings. The number of hydrogen-bond acceptors (Lipinski definition) is 4. The van der Waals surface area contributed by atoms with Gasteiger partial charge in [0.05, 0.1) is 10.9 Å². The minimum Gasteiger partial charge on any atom is -0.479 e. The van der Waals surface area contributed by atoms with Crippen LogP contribution in [0, 0.1) is 5.92 Å². The summed E-state index contributed by atoms with van der Waals surface area (Å²) in [5, 5.41) is 9.22. The number of benzene rings is 2. The predicted octanol–water partition coefficient (Wildman–Crippen LogP) is 6.83. The Hall–Kier alpha value is -2.94. The van der Waals surface area contributed by atoms with Crippen LogP contribution in [-0.2, 0) is 36.3 Å². The monoisotopic (exact) mass is 687 g/mol. The Balaban J connectivity index is 1.62. The normalized spacial score (nSPS) is 27.5. The Morgan fingerprint density at radius 1 is 0.911 bits per heavy atom. The van der Waals surface area contributed by atoms with Crippen LogP contribution < -0.4 is 0 Å². The van der Waals surface area contributed by atoms with Gasteiger partial charge in [-0.1, -0.05) is 35.9 Å². The van der Waals surface area contributed by atoms with Gasteiger partial charge in [-0.3, -0.25) is 4.79 Å². The van der Waals surface area contributed by atoms with Crippen LogP contribution >= 0.6 is 11.6 Å². The Morgan fingerprint density at radius 3 is 2.09 bits per heavy atom. The van der Waals surface area contributed by atoms with E-state index >= 15 is 0 Å². The van der Waals surface area contributed by atoms with E-state index < -0.39 is 80.5 Å². The molecular weight excluding hydrogens is 662 g/mol. The number of likely N-dealkylation sites (tertiary alicyclic amines) is 1. The summed E-state index contributed by atoms with van der Waals surface area (Å²) in [6.07, 6.45) is -14.7. The molecule has 2 aliphatic carbocycles. The van der Waals surface area contributed by atoms with Crippen molar-refractivity contribution < 1.29 is 58.2 Å². The zero-order valence-corrected chi connectivity index (χ0v) is 24.8. The highest BCUT2D eigenvalue weighted by atomic mass is 35.5. The van der Waals surface area contributed by atoms with Crippen LogP contribution in [0.3, 0.4) is 0 Å². The number of nitrogens with zero attached hydrogens (tertiary/aromatic N) is 1. The first-order chi connectivity index (χ1) is 20.7. The summed E-state index contributed by atoms with van der Waals surface area (Å²) in [5.74, 6) is -3.06. The number of halogens is 9. The van der Waals surface area contributed by atoms with Gasteiger partial charge >= 0.3 is 24.0 Å². The van der Waals surface area contributed by atoms with E-state index in [4.69, 9.17) is 11.6 Å². The van der Waals surface area contributed by atoms with Crippen molar-refractivity contribution in [3.05, 3.63) is 64.2 Å². The van der Waals surface area contributed by atoms with E-state index in [2.05, 4.69) is 0 Å². The van der Waals surface area contributed by atoms with E-state index in [0.29, 0.717) is 6.07 Å². The Bertz CT molecular complexity index is 1620. The van der Waals surface area contributed by atoms with Crippen LogP contribution in [0.15, 0.2) is 47.4 Å². The van der Waals surface area contributed by atoms with Gasteiger partial charge in [0.25, 0.3) is 0 Å². The number of rotatable bonds is 5. The summed E-state index contributed by atoms with van der Waals surface area (Å²) in [4.78, 5) is 26.1. The second kappa shape index (κ2) is 10.8. The van der Waals surface area contributed by atoms with Gasteiger partial charge < -0.3 is 10.0 Å². The highest BCUT2D eigenvalue weighted by molar-refractivity contribution is 7.92. The molecule has 1 saturated heterocycles. The lowest BCUT2D eigenvalue weighted by Crippen LogP contribution is -2.54. The van der Waals surface area contributed by atoms with E-state index in [1.54, 1.807) is 0 Å². The fourth-order valence-corrected chi connectivity index (χ4v) is 9.78. The largest absolute Gasteiger partial charge is 0.479 e. The minimum absolute atomic E-state index is 0.0224. The molecule has 16 heteroatoms. The van der Waals surface area contributed by atoms with Crippen LogP contribution in [0.2, 0.25) is 5.02 Å². The Kier molecular flexibility index (Phi) is 8.03. The van der Waals surface area contributed by atoms with E-state index in [9.17, 15) is 58.2 Å². The number of carbonyl (C=O) groups is 2. The molecular formula is C29H26ClF8NO5S. The highest BCUT2D eigenvalue weighted by Gasteiger charge is 2.74. The summed E-state index contributed by atoms with van der Waals surface area (Å²) >= 11 is 6.06. The van der Waals surface area contributed by atoms with Crippen molar-refractivity contribution in [2.45, 2.75) is 84.3 Å². The van der Waals surface area contributed by atoms with Crippen LogP contribution in [0.25, 0.3) is 0 Å². The van der Waals surface area contributed by atoms with Gasteiger partial charge in [-0.2, -0.15) is 26.3 Å². The maximum Gasteiger partial charge on any atom is 0.435 e. The van der Waals surface area contributed by atoms with Crippen LogP contribution in [0.5, 0.6) is 0 Å². The summed E-state index contributed by atoms with van der Waals surface area (Å²) < 4.78 is 138. The lowest BCUT2D eigenvalue weighted by atomic mass is 9.76. The number of fused-ring (bicyclic) bond motifs is 3. The summed E-state index contributed by atoms with van der Waals surface area (Å²) in [6, 6.07) is 5.34. The fraction of sp³-hybridized carbons (Fsp3) is 0.517. The number of amides is 1. The average molecular weight is 688 g/mol. The SMILES string of the molecule is O=C(C1CCC(F)(C(=O)O)CC1)N1CCC2(S(=O)(=O)c3cccc(Cl)c3)c3ccc(C(F)(C(F)(F)F)C(F)(F)F)cc3CCC12. The van der Waals surface area contributed by atoms with Crippen molar-refractivity contribution in [1.29, 1.82) is 0 Å².